The number of thiophene rings is 1. The predicted molar refractivity (Wildman–Crippen MR) is 90.8 cm³/mol. The predicted octanol–water partition coefficient (Wildman–Crippen LogP) is 2.86. The first kappa shape index (κ1) is 16.4. The summed E-state index contributed by atoms with van der Waals surface area (Å²) >= 11 is 1.29. The van der Waals surface area contributed by atoms with Gasteiger partial charge in [0.2, 0.25) is 0 Å². The van der Waals surface area contributed by atoms with E-state index < -0.39 is 11.5 Å². The third-order valence-corrected chi connectivity index (χ3v) is 5.03. The number of anilines is 1. The quantitative estimate of drug-likeness (QED) is 0.647. The second kappa shape index (κ2) is 6.56. The SMILES string of the molecule is N#CCCCN1C(=O)C(O)(CC(=O)c2cccs2)c2ccccc21. The van der Waals surface area contributed by atoms with E-state index >= 15 is 0 Å². The van der Waals surface area contributed by atoms with Crippen molar-refractivity contribution in [1.29, 1.82) is 5.26 Å². The van der Waals surface area contributed by atoms with Crippen LogP contribution in [0.5, 0.6) is 0 Å². The van der Waals surface area contributed by atoms with Gasteiger partial charge in [0.05, 0.1) is 23.1 Å². The summed E-state index contributed by atoms with van der Waals surface area (Å²) in [6, 6.07) is 12.5. The summed E-state index contributed by atoms with van der Waals surface area (Å²) in [5, 5.41) is 21.5. The van der Waals surface area contributed by atoms with E-state index in [0.717, 1.165) is 0 Å². The van der Waals surface area contributed by atoms with Gasteiger partial charge < -0.3 is 10.0 Å². The molecule has 3 rings (SSSR count). The lowest BCUT2D eigenvalue weighted by Crippen LogP contribution is -2.42. The van der Waals surface area contributed by atoms with Gasteiger partial charge in [-0.2, -0.15) is 5.26 Å². The zero-order valence-electron chi connectivity index (χ0n) is 12.9. The molecular weight excluding hydrogens is 324 g/mol. The van der Waals surface area contributed by atoms with Crippen molar-refractivity contribution in [3.05, 3.63) is 52.2 Å². The summed E-state index contributed by atoms with van der Waals surface area (Å²) in [5.41, 5.74) is -0.775. The molecule has 0 spiro atoms. The summed E-state index contributed by atoms with van der Waals surface area (Å²) < 4.78 is 0. The maximum absolute atomic E-state index is 12.8. The number of ketones is 1. The van der Waals surface area contributed by atoms with Crippen LogP contribution in [0.4, 0.5) is 5.69 Å². The van der Waals surface area contributed by atoms with Crippen molar-refractivity contribution in [2.45, 2.75) is 24.9 Å². The number of aliphatic hydroxyl groups is 1. The fraction of sp³-hybridized carbons (Fsp3) is 0.278. The fourth-order valence-corrected chi connectivity index (χ4v) is 3.64. The molecule has 1 amide bonds. The molecule has 0 saturated heterocycles. The third kappa shape index (κ3) is 2.73. The number of para-hydroxylation sites is 1. The smallest absolute Gasteiger partial charge is 0.264 e. The van der Waals surface area contributed by atoms with Crippen LogP contribution in [0.2, 0.25) is 0 Å². The number of carbonyl (C=O) groups is 2. The number of hydrogen-bond acceptors (Lipinski definition) is 5. The minimum Gasteiger partial charge on any atom is -0.375 e. The average molecular weight is 340 g/mol. The topological polar surface area (TPSA) is 81.4 Å². The number of fused-ring (bicyclic) bond motifs is 1. The number of amides is 1. The summed E-state index contributed by atoms with van der Waals surface area (Å²) in [4.78, 5) is 27.3. The van der Waals surface area contributed by atoms with Gasteiger partial charge in [0.15, 0.2) is 11.4 Å². The molecular formula is C18H16N2O3S. The van der Waals surface area contributed by atoms with Crippen LogP contribution in [0.15, 0.2) is 41.8 Å². The van der Waals surface area contributed by atoms with Crippen molar-refractivity contribution in [2.24, 2.45) is 0 Å². The van der Waals surface area contributed by atoms with Crippen LogP contribution < -0.4 is 4.90 Å². The largest absolute Gasteiger partial charge is 0.375 e. The Kier molecular flexibility index (Phi) is 4.47. The summed E-state index contributed by atoms with van der Waals surface area (Å²) in [5.74, 6) is -0.749. The Hall–Kier alpha value is -2.49. The van der Waals surface area contributed by atoms with Crippen molar-refractivity contribution in [3.8, 4) is 6.07 Å². The number of hydrogen-bond donors (Lipinski definition) is 1. The Morgan fingerprint density at radius 3 is 2.79 bits per heavy atom. The van der Waals surface area contributed by atoms with E-state index in [2.05, 4.69) is 0 Å². The Labute approximate surface area is 143 Å². The molecule has 24 heavy (non-hydrogen) atoms. The van der Waals surface area contributed by atoms with Crippen molar-refractivity contribution < 1.29 is 14.7 Å². The zero-order valence-corrected chi connectivity index (χ0v) is 13.8. The number of Topliss-reactive ketones (excluding diaryl/α,β-unsaturated/α-hetero) is 1. The Balaban J connectivity index is 1.91. The molecule has 2 heterocycles. The molecule has 0 bridgehead atoms. The Bertz CT molecular complexity index is 810. The molecule has 0 fully saturated rings. The van der Waals surface area contributed by atoms with Gasteiger partial charge in [-0.05, 0) is 23.9 Å². The van der Waals surface area contributed by atoms with E-state index in [1.165, 1.54) is 16.2 Å². The average Bonchev–Trinajstić information content (AvgIpc) is 3.18. The Morgan fingerprint density at radius 2 is 2.08 bits per heavy atom. The minimum atomic E-state index is -1.84. The highest BCUT2D eigenvalue weighted by molar-refractivity contribution is 7.12. The second-order valence-electron chi connectivity index (χ2n) is 5.67. The van der Waals surface area contributed by atoms with Crippen molar-refractivity contribution in [1.82, 2.24) is 0 Å². The lowest BCUT2D eigenvalue weighted by atomic mass is 9.89. The fourth-order valence-electron chi connectivity index (χ4n) is 2.97. The molecule has 0 radical (unpaired) electrons. The molecule has 122 valence electrons. The van der Waals surface area contributed by atoms with Gasteiger partial charge in [-0.1, -0.05) is 24.3 Å². The molecule has 1 aliphatic heterocycles. The first-order valence-corrected chi connectivity index (χ1v) is 8.53. The van der Waals surface area contributed by atoms with Gasteiger partial charge in [0.25, 0.3) is 5.91 Å². The molecule has 1 aromatic heterocycles. The molecule has 0 saturated carbocycles. The number of nitrogens with zero attached hydrogens (tertiary/aromatic N) is 2. The van der Waals surface area contributed by atoms with Crippen LogP contribution >= 0.6 is 11.3 Å². The number of carbonyl (C=O) groups excluding carboxylic acids is 2. The Morgan fingerprint density at radius 1 is 1.29 bits per heavy atom. The van der Waals surface area contributed by atoms with Crippen LogP contribution in [0, 0.1) is 11.3 Å². The first-order valence-electron chi connectivity index (χ1n) is 7.65. The van der Waals surface area contributed by atoms with E-state index in [-0.39, 0.29) is 12.2 Å². The van der Waals surface area contributed by atoms with Crippen LogP contribution in [-0.4, -0.2) is 23.3 Å². The van der Waals surface area contributed by atoms with Crippen molar-refractivity contribution >= 4 is 28.7 Å². The number of unbranched alkanes of at least 4 members (excludes halogenated alkanes) is 1. The molecule has 1 N–H and O–H groups in total. The van der Waals surface area contributed by atoms with Gasteiger partial charge in [-0.3, -0.25) is 9.59 Å². The monoisotopic (exact) mass is 340 g/mol. The van der Waals surface area contributed by atoms with Gasteiger partial charge in [0.1, 0.15) is 0 Å². The molecule has 1 atom stereocenters. The van der Waals surface area contributed by atoms with E-state index in [4.69, 9.17) is 5.26 Å². The number of rotatable bonds is 6. The van der Waals surface area contributed by atoms with Crippen LogP contribution in [0.25, 0.3) is 0 Å². The van der Waals surface area contributed by atoms with Crippen LogP contribution in [0.3, 0.4) is 0 Å². The highest BCUT2D eigenvalue weighted by Gasteiger charge is 2.50. The van der Waals surface area contributed by atoms with E-state index in [1.54, 1.807) is 41.8 Å². The first-order chi connectivity index (χ1) is 11.6. The van der Waals surface area contributed by atoms with Crippen LogP contribution in [-0.2, 0) is 10.4 Å². The summed E-state index contributed by atoms with van der Waals surface area (Å²) in [7, 11) is 0. The van der Waals surface area contributed by atoms with E-state index in [1.807, 2.05) is 6.07 Å². The lowest BCUT2D eigenvalue weighted by Gasteiger charge is -2.22. The van der Waals surface area contributed by atoms with Gasteiger partial charge in [-0.25, -0.2) is 0 Å². The third-order valence-electron chi connectivity index (χ3n) is 4.12. The molecule has 1 unspecified atom stereocenters. The normalized spacial score (nSPS) is 19.2. The van der Waals surface area contributed by atoms with Gasteiger partial charge >= 0.3 is 0 Å². The maximum Gasteiger partial charge on any atom is 0.264 e. The van der Waals surface area contributed by atoms with Gasteiger partial charge in [0, 0.05) is 18.5 Å². The molecule has 1 aromatic carbocycles. The molecule has 6 heteroatoms. The van der Waals surface area contributed by atoms with Crippen molar-refractivity contribution in [2.75, 3.05) is 11.4 Å². The van der Waals surface area contributed by atoms with E-state index in [0.29, 0.717) is 35.5 Å². The lowest BCUT2D eigenvalue weighted by molar-refractivity contribution is -0.135. The minimum absolute atomic E-state index is 0.255. The highest BCUT2D eigenvalue weighted by Crippen LogP contribution is 2.43. The van der Waals surface area contributed by atoms with E-state index in [9.17, 15) is 14.7 Å². The number of benzene rings is 1. The number of nitriles is 1. The highest BCUT2D eigenvalue weighted by atomic mass is 32.1. The molecule has 1 aliphatic rings. The molecule has 0 aliphatic carbocycles. The van der Waals surface area contributed by atoms with Crippen LogP contribution in [0.1, 0.15) is 34.5 Å². The second-order valence-corrected chi connectivity index (χ2v) is 6.62. The van der Waals surface area contributed by atoms with Gasteiger partial charge in [-0.15, -0.1) is 11.3 Å². The summed E-state index contributed by atoms with van der Waals surface area (Å²) in [6.45, 7) is 0.346. The molecule has 2 aromatic rings. The van der Waals surface area contributed by atoms with Crippen molar-refractivity contribution in [3.63, 3.8) is 0 Å². The summed E-state index contributed by atoms with van der Waals surface area (Å²) in [6.07, 6.45) is 0.572. The zero-order chi connectivity index (χ0) is 17.2. The standard InChI is InChI=1S/C18H16N2O3S/c19-9-3-4-10-20-14-7-2-1-6-13(14)18(23,17(20)22)12-15(21)16-8-5-11-24-16/h1-2,5-8,11,23H,3-4,10,12H2. The maximum atomic E-state index is 12.8. The molecule has 5 nitrogen and oxygen atoms in total.